The fourth-order valence-electron chi connectivity index (χ4n) is 3.48. The van der Waals surface area contributed by atoms with E-state index < -0.39 is 11.3 Å². The lowest BCUT2D eigenvalue weighted by molar-refractivity contribution is 0.174. The largest absolute Gasteiger partial charge is 0.454 e. The van der Waals surface area contributed by atoms with Gasteiger partial charge in [0.1, 0.15) is 6.33 Å². The Morgan fingerprint density at radius 1 is 1.24 bits per heavy atom. The third kappa shape index (κ3) is 4.69. The Morgan fingerprint density at radius 3 is 2.88 bits per heavy atom. The number of rotatable bonds is 10. The van der Waals surface area contributed by atoms with Crippen LogP contribution in [-0.2, 0) is 17.8 Å². The van der Waals surface area contributed by atoms with Crippen molar-refractivity contribution in [3.8, 4) is 22.8 Å². The second kappa shape index (κ2) is 9.94. The van der Waals surface area contributed by atoms with Gasteiger partial charge in [0.05, 0.1) is 5.69 Å². The molecule has 1 aromatic carbocycles. The van der Waals surface area contributed by atoms with Crippen LogP contribution in [0.3, 0.4) is 0 Å². The molecule has 4 aromatic rings. The van der Waals surface area contributed by atoms with Gasteiger partial charge in [-0.25, -0.2) is 23.9 Å². The number of anilines is 1. The van der Waals surface area contributed by atoms with Crippen LogP contribution in [0.4, 0.5) is 5.82 Å². The van der Waals surface area contributed by atoms with Gasteiger partial charge in [-0.05, 0) is 18.2 Å². The van der Waals surface area contributed by atoms with Crippen molar-refractivity contribution in [3.63, 3.8) is 0 Å². The summed E-state index contributed by atoms with van der Waals surface area (Å²) in [5, 5.41) is 11.0. The van der Waals surface area contributed by atoms with Gasteiger partial charge in [-0.1, -0.05) is 11.8 Å². The van der Waals surface area contributed by atoms with E-state index in [0.29, 0.717) is 59.8 Å². The maximum absolute atomic E-state index is 10.7. The molecule has 15 heteroatoms. The summed E-state index contributed by atoms with van der Waals surface area (Å²) in [5.41, 5.74) is 8.94. The minimum absolute atomic E-state index is 0.168. The third-order valence-electron chi connectivity index (χ3n) is 5.03. The topological polar surface area (TPSA) is 178 Å². The Kier molecular flexibility index (Phi) is 6.59. The van der Waals surface area contributed by atoms with Crippen molar-refractivity contribution in [2.75, 3.05) is 32.2 Å². The summed E-state index contributed by atoms with van der Waals surface area (Å²) in [4.78, 5) is 14.1. The number of hydrogen-bond acceptors (Lipinski definition) is 10. The van der Waals surface area contributed by atoms with E-state index in [0.717, 1.165) is 16.2 Å². The number of aromatic amines is 1. The summed E-state index contributed by atoms with van der Waals surface area (Å²) < 4.78 is 35.1. The van der Waals surface area contributed by atoms with Crippen molar-refractivity contribution in [3.05, 3.63) is 30.7 Å². The molecule has 5 rings (SSSR count). The molecule has 13 nitrogen and oxygen atoms in total. The van der Waals surface area contributed by atoms with Gasteiger partial charge in [0.2, 0.25) is 18.1 Å². The second-order valence-electron chi connectivity index (χ2n) is 7.14. The van der Waals surface area contributed by atoms with E-state index in [1.165, 1.54) is 18.1 Å². The first-order valence-corrected chi connectivity index (χ1v) is 12.2. The Hall–Kier alpha value is -3.24. The van der Waals surface area contributed by atoms with Gasteiger partial charge in [-0.15, -0.1) is 0 Å². The highest BCUT2D eigenvalue weighted by molar-refractivity contribution is 7.99. The predicted octanol–water partition coefficient (Wildman–Crippen LogP) is 0.994. The van der Waals surface area contributed by atoms with Gasteiger partial charge < -0.3 is 25.1 Å². The molecule has 1 aliphatic rings. The first kappa shape index (κ1) is 22.5. The van der Waals surface area contributed by atoms with E-state index in [4.69, 9.17) is 24.7 Å². The van der Waals surface area contributed by atoms with Crippen LogP contribution in [0.1, 0.15) is 0 Å². The number of imidazole rings is 1. The van der Waals surface area contributed by atoms with E-state index >= 15 is 0 Å². The van der Waals surface area contributed by atoms with Crippen LogP contribution in [0.5, 0.6) is 11.5 Å². The van der Waals surface area contributed by atoms with Crippen LogP contribution in [0.2, 0.25) is 0 Å². The quantitative estimate of drug-likeness (QED) is 0.154. The molecule has 4 heterocycles. The molecule has 0 amide bonds. The fourth-order valence-corrected chi connectivity index (χ4v) is 4.82. The van der Waals surface area contributed by atoms with Crippen molar-refractivity contribution in [1.82, 2.24) is 39.8 Å². The number of benzene rings is 1. The molecule has 0 saturated carbocycles. The molecule has 0 fully saturated rings. The molecule has 6 N–H and O–H groups in total. The van der Waals surface area contributed by atoms with Crippen LogP contribution >= 0.6 is 11.8 Å². The van der Waals surface area contributed by atoms with E-state index in [9.17, 15) is 4.21 Å². The van der Waals surface area contributed by atoms with Crippen LogP contribution in [0.25, 0.3) is 22.4 Å². The monoisotopic (exact) mass is 503 g/mol. The minimum atomic E-state index is -2.03. The standard InChI is InChI=1S/C19H21N9O4S2/c20-17-16-18(23-9-22-17)28(6-5-21-3-4-25-34(29)30)19(26-16)33-15-8-14-13(31-10-32-14)7-11(15)12-1-2-24-27-12/h1-2,7-9,21,25H,3-6,10H2,(H,24,27)(H,29,30)(H2,20,22,23). The van der Waals surface area contributed by atoms with Gasteiger partial charge >= 0.3 is 0 Å². The minimum Gasteiger partial charge on any atom is -0.454 e. The molecular formula is C19H21N9O4S2. The zero-order valence-electron chi connectivity index (χ0n) is 17.7. The highest BCUT2D eigenvalue weighted by atomic mass is 32.2. The lowest BCUT2D eigenvalue weighted by atomic mass is 10.1. The number of H-pyrrole nitrogens is 1. The average Bonchev–Trinajstić information content (AvgIpc) is 3.56. The van der Waals surface area contributed by atoms with Crippen molar-refractivity contribution in [2.45, 2.75) is 16.6 Å². The Balaban J connectivity index is 1.45. The highest BCUT2D eigenvalue weighted by Gasteiger charge is 2.22. The summed E-state index contributed by atoms with van der Waals surface area (Å²) in [7, 11) is 0. The van der Waals surface area contributed by atoms with Crippen molar-refractivity contribution in [2.24, 2.45) is 0 Å². The van der Waals surface area contributed by atoms with Gasteiger partial charge in [-0.3, -0.25) is 9.65 Å². The molecule has 1 unspecified atom stereocenters. The van der Waals surface area contributed by atoms with E-state index in [-0.39, 0.29) is 6.79 Å². The zero-order valence-corrected chi connectivity index (χ0v) is 19.4. The Labute approximate surface area is 200 Å². The van der Waals surface area contributed by atoms with E-state index in [1.807, 2.05) is 22.8 Å². The number of nitrogens with zero attached hydrogens (tertiary/aromatic N) is 5. The lowest BCUT2D eigenvalue weighted by Crippen LogP contribution is -2.30. The summed E-state index contributed by atoms with van der Waals surface area (Å²) in [5.74, 6) is 1.62. The number of fused-ring (bicyclic) bond motifs is 2. The molecule has 3 aromatic heterocycles. The number of ether oxygens (including phenoxy) is 2. The smallest absolute Gasteiger partial charge is 0.231 e. The summed E-state index contributed by atoms with van der Waals surface area (Å²) >= 11 is -0.585. The Bertz CT molecular complexity index is 1330. The highest BCUT2D eigenvalue weighted by Crippen LogP contribution is 2.44. The van der Waals surface area contributed by atoms with Gasteiger partial charge in [0.15, 0.2) is 33.6 Å². The maximum atomic E-state index is 10.7. The zero-order chi connectivity index (χ0) is 23.5. The fraction of sp³-hybridized carbons (Fsp3) is 0.263. The first-order chi connectivity index (χ1) is 16.6. The molecule has 0 spiro atoms. The SMILES string of the molecule is Nc1ncnc2c1nc(Sc1cc3c(cc1-c1ccn[nH]1)OCO3)n2CCNCCNS(=O)O. The first-order valence-electron chi connectivity index (χ1n) is 10.2. The van der Waals surface area contributed by atoms with Crippen molar-refractivity contribution in [1.29, 1.82) is 0 Å². The van der Waals surface area contributed by atoms with Crippen LogP contribution in [-0.4, -0.2) is 64.9 Å². The van der Waals surface area contributed by atoms with Gasteiger partial charge in [-0.2, -0.15) is 5.10 Å². The number of nitrogens with one attached hydrogen (secondary N) is 3. The van der Waals surface area contributed by atoms with Gasteiger partial charge in [0, 0.05) is 42.8 Å². The van der Waals surface area contributed by atoms with E-state index in [2.05, 4.69) is 30.2 Å². The number of hydrogen-bond donors (Lipinski definition) is 5. The molecule has 34 heavy (non-hydrogen) atoms. The van der Waals surface area contributed by atoms with Crippen LogP contribution < -0.4 is 25.2 Å². The number of nitrogens with two attached hydrogens (primary N) is 1. The summed E-state index contributed by atoms with van der Waals surface area (Å²) in [6, 6.07) is 5.71. The summed E-state index contributed by atoms with van der Waals surface area (Å²) in [6.07, 6.45) is 3.10. The number of aromatic nitrogens is 6. The second-order valence-corrected chi connectivity index (χ2v) is 8.94. The molecule has 1 atom stereocenters. The number of nitrogen functional groups attached to an aromatic ring is 1. The molecule has 0 aliphatic carbocycles. The van der Waals surface area contributed by atoms with Crippen molar-refractivity contribution >= 4 is 40.0 Å². The molecule has 0 bridgehead atoms. The predicted molar refractivity (Wildman–Crippen MR) is 126 cm³/mol. The average molecular weight is 504 g/mol. The molecular weight excluding hydrogens is 482 g/mol. The molecule has 0 saturated heterocycles. The normalized spacial score (nSPS) is 13.6. The third-order valence-corrected chi connectivity index (χ3v) is 6.53. The van der Waals surface area contributed by atoms with Gasteiger partial charge in [0.25, 0.3) is 0 Å². The Morgan fingerprint density at radius 2 is 2.09 bits per heavy atom. The maximum Gasteiger partial charge on any atom is 0.231 e. The molecule has 0 radical (unpaired) electrons. The van der Waals surface area contributed by atoms with Crippen molar-refractivity contribution < 1.29 is 18.2 Å². The lowest BCUT2D eigenvalue weighted by Gasteiger charge is -2.12. The van der Waals surface area contributed by atoms with Crippen LogP contribution in [0, 0.1) is 0 Å². The van der Waals surface area contributed by atoms with E-state index in [1.54, 1.807) is 6.20 Å². The molecule has 1 aliphatic heterocycles. The summed E-state index contributed by atoms with van der Waals surface area (Å²) in [6.45, 7) is 2.17. The molecule has 178 valence electrons. The van der Waals surface area contributed by atoms with Crippen LogP contribution in [0.15, 0.2) is 40.8 Å².